The number of carbonyl (C=O) groups is 2. The van der Waals surface area contributed by atoms with Gasteiger partial charge in [-0.1, -0.05) is 24.3 Å². The first-order chi connectivity index (χ1) is 10.7. The molecule has 0 saturated carbocycles. The number of benzene rings is 1. The minimum Gasteiger partial charge on any atom is -0.334 e. The Balaban J connectivity index is 1.46. The molecule has 2 amide bonds. The van der Waals surface area contributed by atoms with E-state index in [2.05, 4.69) is 10.3 Å². The Morgan fingerprint density at radius 1 is 1.18 bits per heavy atom. The van der Waals surface area contributed by atoms with Crippen molar-refractivity contribution in [3.8, 4) is 0 Å². The van der Waals surface area contributed by atoms with Crippen LogP contribution in [0.4, 0.5) is 5.82 Å². The van der Waals surface area contributed by atoms with Crippen molar-refractivity contribution in [2.75, 3.05) is 11.9 Å². The molecule has 0 bridgehead atoms. The van der Waals surface area contributed by atoms with Crippen molar-refractivity contribution in [1.82, 2.24) is 9.88 Å². The number of carbonyl (C=O) groups excluding carboxylic acids is 2. The van der Waals surface area contributed by atoms with Crippen LogP contribution in [-0.4, -0.2) is 28.2 Å². The summed E-state index contributed by atoms with van der Waals surface area (Å²) in [5, 5.41) is 2.74. The maximum Gasteiger partial charge on any atom is 0.254 e. The highest BCUT2D eigenvalue weighted by atomic mass is 16.2. The van der Waals surface area contributed by atoms with Crippen LogP contribution in [0, 0.1) is 0 Å². The predicted octanol–water partition coefficient (Wildman–Crippen LogP) is 2.46. The summed E-state index contributed by atoms with van der Waals surface area (Å²) in [5.41, 5.74) is 1.84. The van der Waals surface area contributed by atoms with Gasteiger partial charge in [-0.2, -0.15) is 0 Å². The minimum absolute atomic E-state index is 0.0562. The molecule has 0 fully saturated rings. The van der Waals surface area contributed by atoms with E-state index in [4.69, 9.17) is 0 Å². The number of hydrogen-bond acceptors (Lipinski definition) is 3. The van der Waals surface area contributed by atoms with E-state index < -0.39 is 0 Å². The zero-order chi connectivity index (χ0) is 15.4. The van der Waals surface area contributed by atoms with Crippen LogP contribution in [0.3, 0.4) is 0 Å². The Labute approximate surface area is 129 Å². The molecule has 0 aliphatic carbocycles. The fourth-order valence-corrected chi connectivity index (χ4v) is 2.57. The second kappa shape index (κ2) is 6.39. The van der Waals surface area contributed by atoms with Crippen LogP contribution in [0.25, 0.3) is 0 Å². The summed E-state index contributed by atoms with van der Waals surface area (Å²) in [6.07, 6.45) is 2.64. The quantitative estimate of drug-likeness (QED) is 0.921. The van der Waals surface area contributed by atoms with Crippen molar-refractivity contribution in [1.29, 1.82) is 0 Å². The Hall–Kier alpha value is -2.69. The summed E-state index contributed by atoms with van der Waals surface area (Å²) in [5.74, 6) is 0.528. The number of rotatable bonds is 5. The third kappa shape index (κ3) is 3.14. The van der Waals surface area contributed by atoms with Crippen molar-refractivity contribution in [2.45, 2.75) is 19.4 Å². The molecule has 2 aromatic rings. The average Bonchev–Trinajstić information content (AvgIpc) is 2.85. The lowest BCUT2D eigenvalue weighted by atomic mass is 10.1. The summed E-state index contributed by atoms with van der Waals surface area (Å²) in [4.78, 5) is 29.8. The molecule has 3 rings (SSSR count). The summed E-state index contributed by atoms with van der Waals surface area (Å²) in [6.45, 7) is 1.22. The fraction of sp³-hybridized carbons (Fsp3) is 0.235. The molecule has 22 heavy (non-hydrogen) atoms. The number of pyridine rings is 1. The van der Waals surface area contributed by atoms with Crippen LogP contribution in [0.5, 0.6) is 0 Å². The standard InChI is InChI=1S/C17H17N3O2/c21-16(19-15-8-3-4-10-18-15)9-5-11-20-12-13-6-1-2-7-14(13)17(20)22/h1-4,6-8,10H,5,9,11-12H2,(H,18,19,21). The summed E-state index contributed by atoms with van der Waals surface area (Å²) >= 11 is 0. The second-order valence-electron chi connectivity index (χ2n) is 5.25. The molecule has 0 radical (unpaired) electrons. The topological polar surface area (TPSA) is 62.3 Å². The molecule has 0 unspecified atom stereocenters. The number of aromatic nitrogens is 1. The first kappa shape index (κ1) is 14.3. The Morgan fingerprint density at radius 2 is 2.00 bits per heavy atom. The normalized spacial score (nSPS) is 13.1. The van der Waals surface area contributed by atoms with Crippen molar-refractivity contribution in [3.63, 3.8) is 0 Å². The third-order valence-corrected chi connectivity index (χ3v) is 3.66. The maximum atomic E-state index is 12.2. The van der Waals surface area contributed by atoms with E-state index in [1.807, 2.05) is 30.3 Å². The highest BCUT2D eigenvalue weighted by Gasteiger charge is 2.26. The molecule has 1 N–H and O–H groups in total. The van der Waals surface area contributed by atoms with Crippen molar-refractivity contribution < 1.29 is 9.59 Å². The molecular weight excluding hydrogens is 278 g/mol. The van der Waals surface area contributed by atoms with Crippen molar-refractivity contribution in [2.24, 2.45) is 0 Å². The van der Waals surface area contributed by atoms with E-state index in [0.29, 0.717) is 31.7 Å². The van der Waals surface area contributed by atoms with E-state index in [0.717, 1.165) is 11.1 Å². The van der Waals surface area contributed by atoms with Gasteiger partial charge in [-0.3, -0.25) is 9.59 Å². The van der Waals surface area contributed by atoms with Gasteiger partial charge < -0.3 is 10.2 Å². The van der Waals surface area contributed by atoms with Gasteiger partial charge in [0, 0.05) is 31.3 Å². The van der Waals surface area contributed by atoms with Gasteiger partial charge in [0.2, 0.25) is 5.91 Å². The molecule has 0 atom stereocenters. The molecule has 1 aliphatic rings. The lowest BCUT2D eigenvalue weighted by molar-refractivity contribution is -0.116. The van der Waals surface area contributed by atoms with E-state index in [-0.39, 0.29) is 11.8 Å². The van der Waals surface area contributed by atoms with Crippen LogP contribution in [-0.2, 0) is 11.3 Å². The van der Waals surface area contributed by atoms with Gasteiger partial charge in [0.15, 0.2) is 0 Å². The van der Waals surface area contributed by atoms with Crippen LogP contribution in [0.2, 0.25) is 0 Å². The predicted molar refractivity (Wildman–Crippen MR) is 83.3 cm³/mol. The highest BCUT2D eigenvalue weighted by molar-refractivity contribution is 5.98. The number of amides is 2. The van der Waals surface area contributed by atoms with E-state index in [1.165, 1.54) is 0 Å². The van der Waals surface area contributed by atoms with Gasteiger partial charge in [-0.25, -0.2) is 4.98 Å². The van der Waals surface area contributed by atoms with Crippen LogP contribution >= 0.6 is 0 Å². The molecule has 5 heteroatoms. The zero-order valence-electron chi connectivity index (χ0n) is 12.2. The lowest BCUT2D eigenvalue weighted by Crippen LogP contribution is -2.26. The van der Waals surface area contributed by atoms with Gasteiger partial charge in [-0.05, 0) is 30.2 Å². The third-order valence-electron chi connectivity index (χ3n) is 3.66. The zero-order valence-corrected chi connectivity index (χ0v) is 12.2. The Bertz CT molecular complexity index is 685. The highest BCUT2D eigenvalue weighted by Crippen LogP contribution is 2.22. The van der Waals surface area contributed by atoms with Crippen LogP contribution in [0.1, 0.15) is 28.8 Å². The molecule has 1 aromatic heterocycles. The fourth-order valence-electron chi connectivity index (χ4n) is 2.57. The summed E-state index contributed by atoms with van der Waals surface area (Å²) < 4.78 is 0. The molecular formula is C17H17N3O2. The smallest absolute Gasteiger partial charge is 0.254 e. The number of anilines is 1. The van der Waals surface area contributed by atoms with Gasteiger partial charge in [0.25, 0.3) is 5.91 Å². The monoisotopic (exact) mass is 295 g/mol. The molecule has 2 heterocycles. The molecule has 112 valence electrons. The molecule has 1 aromatic carbocycles. The number of hydrogen-bond donors (Lipinski definition) is 1. The molecule has 0 saturated heterocycles. The molecule has 1 aliphatic heterocycles. The Kier molecular flexibility index (Phi) is 4.14. The first-order valence-electron chi connectivity index (χ1n) is 7.32. The van der Waals surface area contributed by atoms with Gasteiger partial charge in [-0.15, -0.1) is 0 Å². The van der Waals surface area contributed by atoms with Crippen LogP contribution < -0.4 is 5.32 Å². The number of nitrogens with zero attached hydrogens (tertiary/aromatic N) is 2. The SMILES string of the molecule is O=C(CCCN1Cc2ccccc2C1=O)Nc1ccccn1. The minimum atomic E-state index is -0.0807. The molecule has 0 spiro atoms. The number of fused-ring (bicyclic) bond motifs is 1. The van der Waals surface area contributed by atoms with E-state index in [9.17, 15) is 9.59 Å². The van der Waals surface area contributed by atoms with Gasteiger partial charge in [0.1, 0.15) is 5.82 Å². The summed E-state index contributed by atoms with van der Waals surface area (Å²) in [6, 6.07) is 13.0. The lowest BCUT2D eigenvalue weighted by Gasteiger charge is -2.15. The van der Waals surface area contributed by atoms with Gasteiger partial charge >= 0.3 is 0 Å². The van der Waals surface area contributed by atoms with E-state index in [1.54, 1.807) is 23.2 Å². The Morgan fingerprint density at radius 3 is 2.77 bits per heavy atom. The average molecular weight is 295 g/mol. The van der Waals surface area contributed by atoms with Crippen molar-refractivity contribution >= 4 is 17.6 Å². The first-order valence-corrected chi connectivity index (χ1v) is 7.32. The van der Waals surface area contributed by atoms with Gasteiger partial charge in [0.05, 0.1) is 0 Å². The number of nitrogens with one attached hydrogen (secondary N) is 1. The van der Waals surface area contributed by atoms with Crippen molar-refractivity contribution in [3.05, 3.63) is 59.8 Å². The van der Waals surface area contributed by atoms with E-state index >= 15 is 0 Å². The largest absolute Gasteiger partial charge is 0.334 e. The van der Waals surface area contributed by atoms with Crippen LogP contribution in [0.15, 0.2) is 48.7 Å². The molecule has 5 nitrogen and oxygen atoms in total. The second-order valence-corrected chi connectivity index (χ2v) is 5.25. The summed E-state index contributed by atoms with van der Waals surface area (Å²) in [7, 11) is 0. The maximum absolute atomic E-state index is 12.2.